The molecule has 0 atom stereocenters. The molecule has 1 heterocycles. The Labute approximate surface area is 176 Å². The quantitative estimate of drug-likeness (QED) is 0.402. The summed E-state index contributed by atoms with van der Waals surface area (Å²) < 4.78 is 32.7. The first-order valence-electron chi connectivity index (χ1n) is 8.56. The number of non-ortho nitro benzene ring substituents is 1. The number of thiophene rings is 1. The van der Waals surface area contributed by atoms with Crippen LogP contribution in [0.3, 0.4) is 0 Å². The van der Waals surface area contributed by atoms with Gasteiger partial charge in [-0.05, 0) is 41.8 Å². The molecule has 0 saturated heterocycles. The van der Waals surface area contributed by atoms with Crippen LogP contribution in [0.25, 0.3) is 0 Å². The number of carbonyl (C=O) groups is 1. The Morgan fingerprint density at radius 1 is 1.17 bits per heavy atom. The second kappa shape index (κ2) is 8.93. The zero-order valence-corrected chi connectivity index (χ0v) is 17.3. The van der Waals surface area contributed by atoms with E-state index >= 15 is 0 Å². The number of methoxy groups -OCH3 is 1. The molecule has 2 N–H and O–H groups in total. The fourth-order valence-electron chi connectivity index (χ4n) is 2.56. The van der Waals surface area contributed by atoms with Crippen molar-refractivity contribution in [3.05, 3.63) is 80.5 Å². The number of nitro benzene ring substituents is 1. The van der Waals surface area contributed by atoms with Crippen LogP contribution in [0.5, 0.6) is 5.75 Å². The van der Waals surface area contributed by atoms with Crippen molar-refractivity contribution in [1.29, 1.82) is 0 Å². The lowest BCUT2D eigenvalue weighted by molar-refractivity contribution is -0.384. The zero-order valence-electron chi connectivity index (χ0n) is 15.7. The van der Waals surface area contributed by atoms with Gasteiger partial charge in [-0.15, -0.1) is 11.3 Å². The first kappa shape index (κ1) is 21.3. The number of hydrogen-bond donors (Lipinski definition) is 2. The van der Waals surface area contributed by atoms with Crippen molar-refractivity contribution >= 4 is 38.6 Å². The maximum atomic E-state index is 12.7. The topological polar surface area (TPSA) is 128 Å². The van der Waals surface area contributed by atoms with Crippen molar-refractivity contribution < 1.29 is 22.9 Å². The standard InChI is InChI=1S/C19H17N3O6S2/c1-28-18-9-6-14(22(24)25)11-17(18)21-30(26,27)16-7-4-13(5-8-16)19(23)20-12-15-3-2-10-29-15/h2-11,21H,12H2,1H3,(H,20,23). The smallest absolute Gasteiger partial charge is 0.271 e. The number of carbonyl (C=O) groups excluding carboxylic acids is 1. The molecule has 0 fully saturated rings. The van der Waals surface area contributed by atoms with Gasteiger partial charge in [0.15, 0.2) is 0 Å². The van der Waals surface area contributed by atoms with Crippen molar-refractivity contribution in [2.24, 2.45) is 0 Å². The summed E-state index contributed by atoms with van der Waals surface area (Å²) in [5, 5.41) is 15.6. The molecule has 156 valence electrons. The van der Waals surface area contributed by atoms with Crippen LogP contribution in [0, 0.1) is 10.1 Å². The molecule has 30 heavy (non-hydrogen) atoms. The van der Waals surface area contributed by atoms with Gasteiger partial charge >= 0.3 is 0 Å². The lowest BCUT2D eigenvalue weighted by Crippen LogP contribution is -2.22. The van der Waals surface area contributed by atoms with E-state index in [-0.39, 0.29) is 27.9 Å². The largest absolute Gasteiger partial charge is 0.495 e. The highest BCUT2D eigenvalue weighted by molar-refractivity contribution is 7.92. The van der Waals surface area contributed by atoms with E-state index in [1.165, 1.54) is 54.8 Å². The lowest BCUT2D eigenvalue weighted by Gasteiger charge is -2.12. The molecule has 0 bridgehead atoms. The molecule has 0 aliphatic rings. The lowest BCUT2D eigenvalue weighted by atomic mass is 10.2. The van der Waals surface area contributed by atoms with Gasteiger partial charge in [-0.2, -0.15) is 0 Å². The van der Waals surface area contributed by atoms with E-state index in [1.807, 2.05) is 17.5 Å². The number of anilines is 1. The number of rotatable bonds is 8. The third-order valence-corrected chi connectivity index (χ3v) is 6.33. The third-order valence-electron chi connectivity index (χ3n) is 4.07. The Hall–Kier alpha value is -3.44. The van der Waals surface area contributed by atoms with Gasteiger partial charge in [0.25, 0.3) is 21.6 Å². The monoisotopic (exact) mass is 447 g/mol. The Balaban J connectivity index is 1.76. The summed E-state index contributed by atoms with van der Waals surface area (Å²) in [5.74, 6) is -0.200. The number of nitrogens with one attached hydrogen (secondary N) is 2. The highest BCUT2D eigenvalue weighted by atomic mass is 32.2. The number of benzene rings is 2. The molecule has 3 rings (SSSR count). The number of hydrogen-bond acceptors (Lipinski definition) is 7. The highest BCUT2D eigenvalue weighted by Crippen LogP contribution is 2.30. The Morgan fingerprint density at radius 3 is 2.50 bits per heavy atom. The molecule has 0 saturated carbocycles. The predicted molar refractivity (Wildman–Crippen MR) is 112 cm³/mol. The van der Waals surface area contributed by atoms with Crippen LogP contribution in [0.2, 0.25) is 0 Å². The van der Waals surface area contributed by atoms with Crippen LogP contribution in [-0.2, 0) is 16.6 Å². The summed E-state index contributed by atoms with van der Waals surface area (Å²) in [7, 11) is -2.74. The van der Waals surface area contributed by atoms with E-state index < -0.39 is 14.9 Å². The van der Waals surface area contributed by atoms with Gasteiger partial charge in [0.2, 0.25) is 0 Å². The Morgan fingerprint density at radius 2 is 1.90 bits per heavy atom. The van der Waals surface area contributed by atoms with Crippen LogP contribution in [0.1, 0.15) is 15.2 Å². The Kier molecular flexibility index (Phi) is 6.33. The first-order valence-corrected chi connectivity index (χ1v) is 10.9. The maximum Gasteiger partial charge on any atom is 0.271 e. The second-order valence-corrected chi connectivity index (χ2v) is 8.75. The average Bonchev–Trinajstić information content (AvgIpc) is 3.25. The van der Waals surface area contributed by atoms with E-state index in [2.05, 4.69) is 10.0 Å². The second-order valence-electron chi connectivity index (χ2n) is 6.03. The summed E-state index contributed by atoms with van der Waals surface area (Å²) in [6.45, 7) is 0.380. The van der Waals surface area contributed by atoms with Gasteiger partial charge in [-0.1, -0.05) is 6.07 Å². The van der Waals surface area contributed by atoms with Crippen LogP contribution in [-0.4, -0.2) is 26.4 Å². The molecular formula is C19H17N3O6S2. The molecule has 0 spiro atoms. The minimum atomic E-state index is -4.06. The van der Waals surface area contributed by atoms with Crippen LogP contribution >= 0.6 is 11.3 Å². The number of sulfonamides is 1. The van der Waals surface area contributed by atoms with E-state index in [0.717, 1.165) is 10.9 Å². The average molecular weight is 447 g/mol. The molecule has 0 aliphatic heterocycles. The summed E-state index contributed by atoms with van der Waals surface area (Å²) in [6.07, 6.45) is 0. The van der Waals surface area contributed by atoms with Crippen molar-refractivity contribution in [1.82, 2.24) is 5.32 Å². The van der Waals surface area contributed by atoms with Crippen molar-refractivity contribution in [2.75, 3.05) is 11.8 Å². The van der Waals surface area contributed by atoms with Gasteiger partial charge in [0, 0.05) is 22.6 Å². The normalized spacial score (nSPS) is 11.0. The van der Waals surface area contributed by atoms with Gasteiger partial charge in [0.1, 0.15) is 5.75 Å². The van der Waals surface area contributed by atoms with Gasteiger partial charge in [-0.3, -0.25) is 19.6 Å². The molecule has 1 aromatic heterocycles. The molecule has 3 aromatic rings. The molecule has 9 nitrogen and oxygen atoms in total. The van der Waals surface area contributed by atoms with Crippen molar-refractivity contribution in [2.45, 2.75) is 11.4 Å². The van der Waals surface area contributed by atoms with E-state index in [1.54, 1.807) is 0 Å². The van der Waals surface area contributed by atoms with E-state index in [9.17, 15) is 23.3 Å². The number of amides is 1. The molecule has 1 amide bonds. The SMILES string of the molecule is COc1ccc([N+](=O)[O-])cc1NS(=O)(=O)c1ccc(C(=O)NCc2cccs2)cc1. The van der Waals surface area contributed by atoms with Crippen molar-refractivity contribution in [3.63, 3.8) is 0 Å². The van der Waals surface area contributed by atoms with Gasteiger partial charge < -0.3 is 10.1 Å². The number of nitro groups is 1. The number of nitrogens with zero attached hydrogens (tertiary/aromatic N) is 1. The summed E-state index contributed by atoms with van der Waals surface area (Å²) >= 11 is 1.52. The Bertz CT molecular complexity index is 1160. The summed E-state index contributed by atoms with van der Waals surface area (Å²) in [4.78, 5) is 23.4. The summed E-state index contributed by atoms with van der Waals surface area (Å²) in [5.41, 5.74) is -0.0471. The zero-order chi connectivity index (χ0) is 21.7. The molecule has 11 heteroatoms. The predicted octanol–water partition coefficient (Wildman–Crippen LogP) is 3.40. The van der Waals surface area contributed by atoms with Gasteiger partial charge in [0.05, 0.1) is 29.2 Å². The van der Waals surface area contributed by atoms with Crippen LogP contribution in [0.15, 0.2) is 64.9 Å². The molecular weight excluding hydrogens is 430 g/mol. The van der Waals surface area contributed by atoms with Crippen molar-refractivity contribution in [3.8, 4) is 5.75 Å². The minimum absolute atomic E-state index is 0.0653. The fourth-order valence-corrected chi connectivity index (χ4v) is 4.27. The number of ether oxygens (including phenoxy) is 1. The minimum Gasteiger partial charge on any atom is -0.495 e. The molecule has 0 unspecified atom stereocenters. The molecule has 2 aromatic carbocycles. The first-order chi connectivity index (χ1) is 14.3. The van der Waals surface area contributed by atoms with Crippen LogP contribution < -0.4 is 14.8 Å². The maximum absolute atomic E-state index is 12.7. The summed E-state index contributed by atoms with van der Waals surface area (Å²) in [6, 6.07) is 12.7. The third kappa shape index (κ3) is 4.93. The van der Waals surface area contributed by atoms with E-state index in [0.29, 0.717) is 12.1 Å². The fraction of sp³-hybridized carbons (Fsp3) is 0.105. The molecule has 0 aliphatic carbocycles. The highest BCUT2D eigenvalue weighted by Gasteiger charge is 2.20. The van der Waals surface area contributed by atoms with Crippen LogP contribution in [0.4, 0.5) is 11.4 Å². The molecule has 0 radical (unpaired) electrons. The van der Waals surface area contributed by atoms with Gasteiger partial charge in [-0.25, -0.2) is 8.42 Å². The van der Waals surface area contributed by atoms with E-state index in [4.69, 9.17) is 4.74 Å².